The normalized spacial score (nSPS) is 16.1. The summed E-state index contributed by atoms with van der Waals surface area (Å²) < 4.78 is 156. The van der Waals surface area contributed by atoms with E-state index < -0.39 is 36.3 Å². The lowest BCUT2D eigenvalue weighted by Crippen LogP contribution is -2.70. The zero-order chi connectivity index (χ0) is 16.1. The van der Waals surface area contributed by atoms with Crippen LogP contribution in [0.25, 0.3) is 0 Å². The van der Waals surface area contributed by atoms with Crippen molar-refractivity contribution in [1.82, 2.24) is 0 Å². The fourth-order valence-electron chi connectivity index (χ4n) is 1.21. The standard InChI is InChI=1S/C6HF13/c7-1(8)2(9,10)3(4(11,12)13,5(14,15)16)6(17,18)19/h1H. The molecular formula is C6HF13. The molecule has 0 nitrogen and oxygen atoms in total. The van der Waals surface area contributed by atoms with Crippen molar-refractivity contribution in [3.05, 3.63) is 0 Å². The van der Waals surface area contributed by atoms with Crippen molar-refractivity contribution in [3.8, 4) is 0 Å². The van der Waals surface area contributed by atoms with Crippen molar-refractivity contribution in [3.63, 3.8) is 0 Å². The van der Waals surface area contributed by atoms with Gasteiger partial charge in [0.1, 0.15) is 0 Å². The monoisotopic (exact) mass is 320 g/mol. The molecule has 0 amide bonds. The molecule has 0 spiro atoms. The van der Waals surface area contributed by atoms with Gasteiger partial charge in [0, 0.05) is 0 Å². The summed E-state index contributed by atoms with van der Waals surface area (Å²) in [6.07, 6.45) is -29.0. The van der Waals surface area contributed by atoms with Crippen LogP contribution in [0.5, 0.6) is 0 Å². The fraction of sp³-hybridized carbons (Fsp3) is 1.00. The fourth-order valence-corrected chi connectivity index (χ4v) is 1.21. The van der Waals surface area contributed by atoms with Gasteiger partial charge in [-0.25, -0.2) is 8.78 Å². The van der Waals surface area contributed by atoms with Crippen molar-refractivity contribution in [2.75, 3.05) is 0 Å². The van der Waals surface area contributed by atoms with E-state index in [2.05, 4.69) is 0 Å². The maximum Gasteiger partial charge on any atom is 0.418 e. The van der Waals surface area contributed by atoms with E-state index in [1.54, 1.807) is 0 Å². The molecule has 0 aliphatic carbocycles. The molecule has 0 aliphatic heterocycles. The minimum absolute atomic E-state index is 5.84. The lowest BCUT2D eigenvalue weighted by molar-refractivity contribution is -0.486. The number of rotatable bonds is 2. The van der Waals surface area contributed by atoms with Gasteiger partial charge in [0.2, 0.25) is 0 Å². The molecule has 0 aromatic rings. The van der Waals surface area contributed by atoms with Crippen molar-refractivity contribution < 1.29 is 57.1 Å². The predicted molar refractivity (Wildman–Crippen MR) is 31.5 cm³/mol. The summed E-state index contributed by atoms with van der Waals surface area (Å²) in [5.41, 5.74) is -7.85. The Bertz CT molecular complexity index is 277. The van der Waals surface area contributed by atoms with Crippen LogP contribution in [0.1, 0.15) is 0 Å². The van der Waals surface area contributed by atoms with Crippen LogP contribution in [0, 0.1) is 5.41 Å². The Labute approximate surface area is 94.7 Å². The van der Waals surface area contributed by atoms with Gasteiger partial charge in [-0.15, -0.1) is 0 Å². The molecule has 0 aromatic carbocycles. The Hall–Kier alpha value is -0.910. The van der Waals surface area contributed by atoms with Gasteiger partial charge in [-0.1, -0.05) is 0 Å². The topological polar surface area (TPSA) is 0 Å². The molecule has 116 valence electrons. The molecule has 0 aliphatic rings. The van der Waals surface area contributed by atoms with E-state index in [0.717, 1.165) is 0 Å². The van der Waals surface area contributed by atoms with E-state index in [9.17, 15) is 57.1 Å². The third-order valence-electron chi connectivity index (χ3n) is 2.05. The van der Waals surface area contributed by atoms with Crippen molar-refractivity contribution in [2.45, 2.75) is 30.9 Å². The largest absolute Gasteiger partial charge is 0.418 e. The Morgan fingerprint density at radius 1 is 0.474 bits per heavy atom. The molecular weight excluding hydrogens is 319 g/mol. The Balaban J connectivity index is 6.63. The summed E-state index contributed by atoms with van der Waals surface area (Å²) in [7, 11) is 0. The maximum absolute atomic E-state index is 12.4. The average molecular weight is 320 g/mol. The van der Waals surface area contributed by atoms with E-state index in [-0.39, 0.29) is 0 Å². The highest BCUT2D eigenvalue weighted by atomic mass is 19.4. The molecule has 0 radical (unpaired) electrons. The van der Waals surface area contributed by atoms with Crippen LogP contribution in [-0.2, 0) is 0 Å². The summed E-state index contributed by atoms with van der Waals surface area (Å²) >= 11 is 0. The maximum atomic E-state index is 12.4. The highest BCUT2D eigenvalue weighted by molar-refractivity contribution is 5.09. The number of alkyl halides is 13. The molecule has 0 fully saturated rings. The molecule has 0 unspecified atom stereocenters. The van der Waals surface area contributed by atoms with Crippen LogP contribution in [0.4, 0.5) is 57.1 Å². The van der Waals surface area contributed by atoms with Gasteiger partial charge in [-0.3, -0.25) is 0 Å². The van der Waals surface area contributed by atoms with E-state index in [4.69, 9.17) is 0 Å². The molecule has 0 bridgehead atoms. The molecule has 0 saturated heterocycles. The summed E-state index contributed by atoms with van der Waals surface area (Å²) in [5, 5.41) is 0. The first-order valence-corrected chi connectivity index (χ1v) is 3.80. The first-order chi connectivity index (χ1) is 7.94. The lowest BCUT2D eigenvalue weighted by atomic mass is 9.78. The van der Waals surface area contributed by atoms with Crippen LogP contribution >= 0.6 is 0 Å². The van der Waals surface area contributed by atoms with Crippen LogP contribution in [-0.4, -0.2) is 30.9 Å². The van der Waals surface area contributed by atoms with Crippen LogP contribution in [0.2, 0.25) is 0 Å². The van der Waals surface area contributed by atoms with Gasteiger partial charge < -0.3 is 0 Å². The highest BCUT2D eigenvalue weighted by Crippen LogP contribution is 2.67. The molecule has 0 heterocycles. The first kappa shape index (κ1) is 18.1. The third kappa shape index (κ3) is 2.30. The van der Waals surface area contributed by atoms with Gasteiger partial charge in [0.25, 0.3) is 0 Å². The second-order valence-electron chi connectivity index (χ2n) is 3.17. The minimum atomic E-state index is -7.85. The second-order valence-corrected chi connectivity index (χ2v) is 3.17. The zero-order valence-corrected chi connectivity index (χ0v) is 7.99. The van der Waals surface area contributed by atoms with E-state index in [1.807, 2.05) is 0 Å². The SMILES string of the molecule is FC(F)C(F)(F)C(C(F)(F)F)(C(F)(F)F)C(F)(F)F. The summed E-state index contributed by atoms with van der Waals surface area (Å²) in [6, 6.07) is 0. The second kappa shape index (κ2) is 4.30. The van der Waals surface area contributed by atoms with Crippen molar-refractivity contribution >= 4 is 0 Å². The smallest absolute Gasteiger partial charge is 0.204 e. The van der Waals surface area contributed by atoms with E-state index in [0.29, 0.717) is 0 Å². The van der Waals surface area contributed by atoms with Crippen molar-refractivity contribution in [2.24, 2.45) is 5.41 Å². The Kier molecular flexibility index (Phi) is 4.09. The average Bonchev–Trinajstić information content (AvgIpc) is 1.92. The molecule has 0 atom stereocenters. The molecule has 19 heavy (non-hydrogen) atoms. The van der Waals surface area contributed by atoms with Gasteiger partial charge in [0.05, 0.1) is 0 Å². The van der Waals surface area contributed by atoms with Gasteiger partial charge in [0.15, 0.2) is 0 Å². The number of halogens is 13. The summed E-state index contributed by atoms with van der Waals surface area (Å²) in [4.78, 5) is 0. The molecule has 0 saturated carbocycles. The van der Waals surface area contributed by atoms with Crippen molar-refractivity contribution in [1.29, 1.82) is 0 Å². The van der Waals surface area contributed by atoms with E-state index in [1.165, 1.54) is 0 Å². The lowest BCUT2D eigenvalue weighted by Gasteiger charge is -2.42. The van der Waals surface area contributed by atoms with Gasteiger partial charge >= 0.3 is 36.3 Å². The highest BCUT2D eigenvalue weighted by Gasteiger charge is 2.95. The van der Waals surface area contributed by atoms with Crippen LogP contribution in [0.3, 0.4) is 0 Å². The molecule has 0 N–H and O–H groups in total. The summed E-state index contributed by atoms with van der Waals surface area (Å²) in [5.74, 6) is -7.44. The number of hydrogen-bond donors (Lipinski definition) is 0. The number of hydrogen-bond acceptors (Lipinski definition) is 0. The Morgan fingerprint density at radius 2 is 0.684 bits per heavy atom. The minimum Gasteiger partial charge on any atom is -0.204 e. The predicted octanol–water partition coefficient (Wildman–Crippen LogP) is 4.56. The summed E-state index contributed by atoms with van der Waals surface area (Å²) in [6.45, 7) is 0. The third-order valence-corrected chi connectivity index (χ3v) is 2.05. The van der Waals surface area contributed by atoms with E-state index >= 15 is 0 Å². The molecule has 0 rings (SSSR count). The van der Waals surface area contributed by atoms with Crippen LogP contribution < -0.4 is 0 Å². The van der Waals surface area contributed by atoms with Gasteiger partial charge in [-0.05, 0) is 0 Å². The quantitative estimate of drug-likeness (QED) is 0.654. The van der Waals surface area contributed by atoms with Gasteiger partial charge in [-0.2, -0.15) is 48.3 Å². The van der Waals surface area contributed by atoms with Crippen LogP contribution in [0.15, 0.2) is 0 Å². The molecule has 13 heteroatoms. The first-order valence-electron chi connectivity index (χ1n) is 3.80. The Morgan fingerprint density at radius 3 is 0.737 bits per heavy atom. The molecule has 0 aromatic heterocycles. The zero-order valence-electron chi connectivity index (χ0n) is 7.99.